The molecule has 1 rings (SSSR count). The topological polar surface area (TPSA) is 95.6 Å². The molecule has 0 heterocycles. The number of hydrogen-bond donors (Lipinski definition) is 4. The second-order valence-electron chi connectivity index (χ2n) is 5.58. The average molecular weight is 266 g/mol. The lowest BCUT2D eigenvalue weighted by Crippen LogP contribution is -2.48. The van der Waals surface area contributed by atoms with Gasteiger partial charge in [0, 0.05) is 12.2 Å². The van der Waals surface area contributed by atoms with Crippen molar-refractivity contribution in [2.75, 3.05) is 18.9 Å². The Bertz CT molecular complexity index is 439. The quantitative estimate of drug-likeness (QED) is 0.580. The van der Waals surface area contributed by atoms with Crippen LogP contribution in [0.25, 0.3) is 0 Å². The number of hydrogen-bond acceptors (Lipinski definition) is 4. The van der Waals surface area contributed by atoms with Gasteiger partial charge in [-0.15, -0.1) is 0 Å². The Morgan fingerprint density at radius 3 is 2.26 bits per heavy atom. The van der Waals surface area contributed by atoms with Gasteiger partial charge in [0.05, 0.1) is 12.0 Å². The number of carbonyl (C=O) groups excluding carboxylic acids is 1. The van der Waals surface area contributed by atoms with Gasteiger partial charge >= 0.3 is 0 Å². The number of benzene rings is 1. The highest BCUT2D eigenvalue weighted by Crippen LogP contribution is 2.24. The smallest absolute Gasteiger partial charge is 0.230 e. The summed E-state index contributed by atoms with van der Waals surface area (Å²) in [5.74, 6) is -0.217. The van der Waals surface area contributed by atoms with E-state index in [1.807, 2.05) is 0 Å². The number of aliphatic hydroxyl groups is 2. The summed E-state index contributed by atoms with van der Waals surface area (Å²) in [5, 5.41) is 21.3. The number of anilines is 1. The summed E-state index contributed by atoms with van der Waals surface area (Å²) < 4.78 is 0. The lowest BCUT2D eigenvalue weighted by atomic mass is 9.83. The Kier molecular flexibility index (Phi) is 4.55. The van der Waals surface area contributed by atoms with Gasteiger partial charge in [-0.2, -0.15) is 0 Å². The van der Waals surface area contributed by atoms with E-state index in [4.69, 9.17) is 10.8 Å². The zero-order valence-electron chi connectivity index (χ0n) is 11.6. The Balaban J connectivity index is 2.77. The summed E-state index contributed by atoms with van der Waals surface area (Å²) in [6.45, 7) is 4.64. The van der Waals surface area contributed by atoms with Crippen molar-refractivity contribution in [1.82, 2.24) is 5.32 Å². The molecule has 0 aliphatic rings. The third-order valence-corrected chi connectivity index (χ3v) is 3.17. The lowest BCUT2D eigenvalue weighted by molar-refractivity contribution is -0.127. The normalized spacial score (nSPS) is 14.8. The van der Waals surface area contributed by atoms with Crippen LogP contribution < -0.4 is 11.1 Å². The van der Waals surface area contributed by atoms with Crippen molar-refractivity contribution in [3.05, 3.63) is 29.8 Å². The molecule has 1 atom stereocenters. The fourth-order valence-corrected chi connectivity index (χ4v) is 1.58. The molecule has 0 saturated heterocycles. The molecule has 0 bridgehead atoms. The first-order chi connectivity index (χ1) is 8.69. The maximum atomic E-state index is 12.2. The molecule has 0 spiro atoms. The van der Waals surface area contributed by atoms with Gasteiger partial charge in [0.15, 0.2) is 0 Å². The zero-order valence-corrected chi connectivity index (χ0v) is 11.6. The van der Waals surface area contributed by atoms with Crippen molar-refractivity contribution >= 4 is 11.6 Å². The summed E-state index contributed by atoms with van der Waals surface area (Å²) in [6, 6.07) is 7.10. The SMILES string of the molecule is CC(O)(CO)CNC(=O)C(C)(C)c1ccc(N)cc1. The van der Waals surface area contributed by atoms with E-state index in [9.17, 15) is 9.90 Å². The molecule has 0 aliphatic heterocycles. The van der Waals surface area contributed by atoms with Crippen molar-refractivity contribution in [3.63, 3.8) is 0 Å². The predicted octanol–water partition coefficient (Wildman–Crippen LogP) is 0.406. The number of carbonyl (C=O) groups is 1. The monoisotopic (exact) mass is 266 g/mol. The number of aliphatic hydroxyl groups excluding tert-OH is 1. The molecule has 0 aromatic heterocycles. The van der Waals surface area contributed by atoms with Gasteiger partial charge in [-0.3, -0.25) is 4.79 Å². The van der Waals surface area contributed by atoms with Gasteiger partial charge in [0.25, 0.3) is 0 Å². The van der Waals surface area contributed by atoms with Crippen LogP contribution in [0.5, 0.6) is 0 Å². The fraction of sp³-hybridized carbons (Fsp3) is 0.500. The Hall–Kier alpha value is -1.59. The van der Waals surface area contributed by atoms with Gasteiger partial charge in [0.1, 0.15) is 5.60 Å². The van der Waals surface area contributed by atoms with E-state index in [2.05, 4.69) is 5.32 Å². The van der Waals surface area contributed by atoms with Crippen molar-refractivity contribution in [1.29, 1.82) is 0 Å². The first-order valence-electron chi connectivity index (χ1n) is 6.16. The predicted molar refractivity (Wildman–Crippen MR) is 74.6 cm³/mol. The molecule has 0 fully saturated rings. The van der Waals surface area contributed by atoms with Crippen LogP contribution in [0.3, 0.4) is 0 Å². The highest BCUT2D eigenvalue weighted by molar-refractivity contribution is 5.87. The molecule has 5 N–H and O–H groups in total. The third-order valence-electron chi connectivity index (χ3n) is 3.17. The molecule has 1 aromatic carbocycles. The van der Waals surface area contributed by atoms with Crippen molar-refractivity contribution in [3.8, 4) is 0 Å². The van der Waals surface area contributed by atoms with Gasteiger partial charge in [-0.05, 0) is 38.5 Å². The molecule has 0 radical (unpaired) electrons. The minimum absolute atomic E-state index is 0.000730. The van der Waals surface area contributed by atoms with Gasteiger partial charge in [-0.25, -0.2) is 0 Å². The number of nitrogens with one attached hydrogen (secondary N) is 1. The zero-order chi connectivity index (χ0) is 14.7. The Morgan fingerprint density at radius 2 is 1.79 bits per heavy atom. The minimum atomic E-state index is -1.31. The van der Waals surface area contributed by atoms with Crippen LogP contribution in [0.4, 0.5) is 5.69 Å². The molecule has 0 aliphatic carbocycles. The third kappa shape index (κ3) is 3.94. The number of nitrogens with two attached hydrogens (primary N) is 1. The number of amides is 1. The van der Waals surface area contributed by atoms with Crippen LogP contribution >= 0.6 is 0 Å². The van der Waals surface area contributed by atoms with Gasteiger partial charge < -0.3 is 21.3 Å². The number of nitrogen functional groups attached to an aromatic ring is 1. The second kappa shape index (κ2) is 5.59. The van der Waals surface area contributed by atoms with Crippen LogP contribution in [-0.2, 0) is 10.2 Å². The van der Waals surface area contributed by atoms with Crippen LogP contribution in [0.15, 0.2) is 24.3 Å². The molecule has 106 valence electrons. The number of rotatable bonds is 5. The highest BCUT2D eigenvalue weighted by atomic mass is 16.3. The summed E-state index contributed by atoms with van der Waals surface area (Å²) in [6.07, 6.45) is 0. The molecule has 1 aromatic rings. The molecule has 19 heavy (non-hydrogen) atoms. The van der Waals surface area contributed by atoms with Crippen LogP contribution in [0, 0.1) is 0 Å². The summed E-state index contributed by atoms with van der Waals surface area (Å²) >= 11 is 0. The summed E-state index contributed by atoms with van der Waals surface area (Å²) in [4.78, 5) is 12.2. The van der Waals surface area contributed by atoms with Crippen molar-refractivity contribution < 1.29 is 15.0 Å². The standard InChI is InChI=1S/C14H22N2O3/c1-13(2,10-4-6-11(15)7-5-10)12(18)16-8-14(3,19)9-17/h4-7,17,19H,8-9,15H2,1-3H3,(H,16,18). The van der Waals surface area contributed by atoms with Gasteiger partial charge in [0.2, 0.25) is 5.91 Å². The Labute approximate surface area is 113 Å². The molecule has 5 nitrogen and oxygen atoms in total. The molecule has 0 saturated carbocycles. The maximum absolute atomic E-state index is 12.2. The molecule has 5 heteroatoms. The molecular formula is C14H22N2O3. The minimum Gasteiger partial charge on any atom is -0.399 e. The second-order valence-corrected chi connectivity index (χ2v) is 5.58. The van der Waals surface area contributed by atoms with E-state index < -0.39 is 17.6 Å². The van der Waals surface area contributed by atoms with E-state index in [-0.39, 0.29) is 12.5 Å². The van der Waals surface area contributed by atoms with E-state index in [0.29, 0.717) is 5.69 Å². The summed E-state index contributed by atoms with van der Waals surface area (Å²) in [5.41, 5.74) is 5.05. The molecule has 1 unspecified atom stereocenters. The van der Waals surface area contributed by atoms with E-state index >= 15 is 0 Å². The first-order valence-corrected chi connectivity index (χ1v) is 6.16. The van der Waals surface area contributed by atoms with Crippen LogP contribution in [-0.4, -0.2) is 34.9 Å². The lowest BCUT2D eigenvalue weighted by Gasteiger charge is -2.27. The fourth-order valence-electron chi connectivity index (χ4n) is 1.58. The Morgan fingerprint density at radius 1 is 1.26 bits per heavy atom. The van der Waals surface area contributed by atoms with Crippen molar-refractivity contribution in [2.45, 2.75) is 31.8 Å². The average Bonchev–Trinajstić information content (AvgIpc) is 2.36. The van der Waals surface area contributed by atoms with Crippen LogP contribution in [0.1, 0.15) is 26.3 Å². The largest absolute Gasteiger partial charge is 0.399 e. The van der Waals surface area contributed by atoms with Crippen LogP contribution in [0.2, 0.25) is 0 Å². The van der Waals surface area contributed by atoms with E-state index in [1.54, 1.807) is 38.1 Å². The summed E-state index contributed by atoms with van der Waals surface area (Å²) in [7, 11) is 0. The molecular weight excluding hydrogens is 244 g/mol. The molecule has 1 amide bonds. The highest BCUT2D eigenvalue weighted by Gasteiger charge is 2.31. The first kappa shape index (κ1) is 15.5. The van der Waals surface area contributed by atoms with Crippen molar-refractivity contribution in [2.24, 2.45) is 0 Å². The van der Waals surface area contributed by atoms with E-state index in [0.717, 1.165) is 5.56 Å². The van der Waals surface area contributed by atoms with Gasteiger partial charge in [-0.1, -0.05) is 12.1 Å². The van der Waals surface area contributed by atoms with E-state index in [1.165, 1.54) is 6.92 Å². The maximum Gasteiger partial charge on any atom is 0.230 e.